The van der Waals surface area contributed by atoms with Crippen LogP contribution in [0.15, 0.2) is 48.6 Å². The summed E-state index contributed by atoms with van der Waals surface area (Å²) in [6.07, 6.45) is 27.1. The third kappa shape index (κ3) is 18.7. The number of carbonyl (C=O) groups excluding carboxylic acids is 1. The van der Waals surface area contributed by atoms with E-state index in [9.17, 15) is 9.90 Å². The fraction of sp³-hybridized carbons (Fsp3) is 0.609. The smallest absolute Gasteiger partial charge is 0.305 e. The Morgan fingerprint density at radius 1 is 0.923 bits per heavy atom. The maximum atomic E-state index is 11.0. The topological polar surface area (TPSA) is 46.5 Å². The van der Waals surface area contributed by atoms with Gasteiger partial charge in [0, 0.05) is 6.42 Å². The van der Waals surface area contributed by atoms with Crippen molar-refractivity contribution in [3.63, 3.8) is 0 Å². The molecule has 0 bridgehead atoms. The number of ether oxygens (including phenoxy) is 1. The van der Waals surface area contributed by atoms with Crippen molar-refractivity contribution in [2.75, 3.05) is 7.11 Å². The highest BCUT2D eigenvalue weighted by atomic mass is 16.5. The third-order valence-electron chi connectivity index (χ3n) is 4.02. The molecule has 0 fully saturated rings. The molecule has 0 saturated carbocycles. The van der Waals surface area contributed by atoms with E-state index in [1.165, 1.54) is 32.8 Å². The molecule has 0 saturated heterocycles. The predicted molar refractivity (Wildman–Crippen MR) is 111 cm³/mol. The van der Waals surface area contributed by atoms with E-state index in [-0.39, 0.29) is 5.97 Å². The van der Waals surface area contributed by atoms with Crippen LogP contribution >= 0.6 is 0 Å². The van der Waals surface area contributed by atoms with E-state index >= 15 is 0 Å². The molecule has 0 rings (SSSR count). The Labute approximate surface area is 160 Å². The third-order valence-corrected chi connectivity index (χ3v) is 4.02. The Kier molecular flexibility index (Phi) is 18.5. The zero-order valence-corrected chi connectivity index (χ0v) is 16.7. The zero-order valence-electron chi connectivity index (χ0n) is 16.7. The molecular formula is C23H38O3. The number of rotatable bonds is 16. The van der Waals surface area contributed by atoms with E-state index in [1.807, 2.05) is 24.3 Å². The van der Waals surface area contributed by atoms with Crippen molar-refractivity contribution in [2.45, 2.75) is 83.7 Å². The predicted octanol–water partition coefficient (Wildman–Crippen LogP) is 6.06. The van der Waals surface area contributed by atoms with Crippen molar-refractivity contribution in [1.82, 2.24) is 0 Å². The van der Waals surface area contributed by atoms with Crippen molar-refractivity contribution in [1.29, 1.82) is 0 Å². The van der Waals surface area contributed by atoms with Crippen LogP contribution in [0, 0.1) is 0 Å². The average molecular weight is 363 g/mol. The number of unbranched alkanes of at least 4 members (excludes halogenated alkanes) is 6. The molecule has 3 nitrogen and oxygen atoms in total. The van der Waals surface area contributed by atoms with Crippen LogP contribution in [0.5, 0.6) is 0 Å². The summed E-state index contributed by atoms with van der Waals surface area (Å²) in [5.74, 6) is -0.132. The molecule has 148 valence electrons. The van der Waals surface area contributed by atoms with Crippen molar-refractivity contribution in [3.05, 3.63) is 48.6 Å². The number of methoxy groups -OCH3 is 1. The van der Waals surface area contributed by atoms with Crippen LogP contribution in [0.2, 0.25) is 0 Å². The molecule has 0 aromatic heterocycles. The number of esters is 1. The van der Waals surface area contributed by atoms with Gasteiger partial charge in [0.15, 0.2) is 0 Å². The molecule has 0 aliphatic rings. The highest BCUT2D eigenvalue weighted by Crippen LogP contribution is 2.06. The van der Waals surface area contributed by atoms with Gasteiger partial charge in [-0.3, -0.25) is 4.79 Å². The Hall–Kier alpha value is -1.61. The Morgan fingerprint density at radius 3 is 2.38 bits per heavy atom. The molecule has 0 spiro atoms. The second-order valence-electron chi connectivity index (χ2n) is 6.47. The number of hydrogen-bond acceptors (Lipinski definition) is 3. The van der Waals surface area contributed by atoms with Gasteiger partial charge < -0.3 is 9.84 Å². The van der Waals surface area contributed by atoms with Gasteiger partial charge >= 0.3 is 5.97 Å². The molecule has 0 amide bonds. The van der Waals surface area contributed by atoms with E-state index in [0.717, 1.165) is 32.1 Å². The second-order valence-corrected chi connectivity index (χ2v) is 6.47. The first-order valence-electron chi connectivity index (χ1n) is 10.1. The SMILES string of the molecule is CCCCC/C=C\C/C=C\C=C\[C@H](O)C/C=C\CCCCCC(=O)OC. The molecule has 26 heavy (non-hydrogen) atoms. The minimum atomic E-state index is -0.431. The maximum Gasteiger partial charge on any atom is 0.305 e. The highest BCUT2D eigenvalue weighted by molar-refractivity contribution is 5.68. The normalized spacial score (nSPS) is 13.5. The molecule has 0 aromatic rings. The zero-order chi connectivity index (χ0) is 19.3. The molecule has 0 radical (unpaired) electrons. The summed E-state index contributed by atoms with van der Waals surface area (Å²) < 4.78 is 4.60. The van der Waals surface area contributed by atoms with Crippen molar-refractivity contribution in [3.8, 4) is 0 Å². The monoisotopic (exact) mass is 362 g/mol. The molecule has 0 heterocycles. The van der Waals surface area contributed by atoms with Crippen LogP contribution in [0.3, 0.4) is 0 Å². The van der Waals surface area contributed by atoms with Gasteiger partial charge in [-0.2, -0.15) is 0 Å². The Morgan fingerprint density at radius 2 is 1.65 bits per heavy atom. The van der Waals surface area contributed by atoms with Crippen molar-refractivity contribution in [2.24, 2.45) is 0 Å². The van der Waals surface area contributed by atoms with Crippen molar-refractivity contribution >= 4 is 5.97 Å². The number of carbonyl (C=O) groups is 1. The summed E-state index contributed by atoms with van der Waals surface area (Å²) in [5.41, 5.74) is 0. The number of aliphatic hydroxyl groups is 1. The van der Waals surface area contributed by atoms with Crippen LogP contribution in [-0.2, 0) is 9.53 Å². The lowest BCUT2D eigenvalue weighted by Gasteiger charge is -2.00. The Balaban J connectivity index is 3.59. The molecule has 1 N–H and O–H groups in total. The molecule has 3 heteroatoms. The number of allylic oxidation sites excluding steroid dienone is 6. The van der Waals surface area contributed by atoms with E-state index in [1.54, 1.807) is 0 Å². The lowest BCUT2D eigenvalue weighted by atomic mass is 10.1. The number of hydrogen-bond donors (Lipinski definition) is 1. The first kappa shape index (κ1) is 24.4. The van der Waals surface area contributed by atoms with Gasteiger partial charge in [0.25, 0.3) is 0 Å². The second kappa shape index (κ2) is 19.7. The minimum absolute atomic E-state index is 0.132. The van der Waals surface area contributed by atoms with Gasteiger partial charge in [-0.05, 0) is 44.9 Å². The molecule has 0 aromatic carbocycles. The van der Waals surface area contributed by atoms with Crippen LogP contribution in [-0.4, -0.2) is 24.3 Å². The van der Waals surface area contributed by atoms with E-state index < -0.39 is 6.10 Å². The van der Waals surface area contributed by atoms with Gasteiger partial charge in [-0.1, -0.05) is 74.8 Å². The molecule has 0 aliphatic carbocycles. The minimum Gasteiger partial charge on any atom is -0.469 e. The van der Waals surface area contributed by atoms with Crippen LogP contribution < -0.4 is 0 Å². The van der Waals surface area contributed by atoms with Crippen molar-refractivity contribution < 1.29 is 14.6 Å². The van der Waals surface area contributed by atoms with Crippen LogP contribution in [0.1, 0.15) is 77.6 Å². The first-order valence-corrected chi connectivity index (χ1v) is 10.1. The quantitative estimate of drug-likeness (QED) is 0.157. The fourth-order valence-corrected chi connectivity index (χ4v) is 2.40. The van der Waals surface area contributed by atoms with Gasteiger partial charge in [0.05, 0.1) is 13.2 Å². The summed E-state index contributed by atoms with van der Waals surface area (Å²) in [6, 6.07) is 0. The molecule has 0 unspecified atom stereocenters. The highest BCUT2D eigenvalue weighted by Gasteiger charge is 1.98. The summed E-state index contributed by atoms with van der Waals surface area (Å²) in [5, 5.41) is 9.86. The standard InChI is InChI=1S/C23H38O3/c1-3-4-5-6-7-8-9-10-13-16-19-22(24)20-17-14-11-12-15-18-21-23(25)26-2/h7-8,10,13-14,16-17,19,22,24H,3-6,9,11-12,15,18,20-21H2,1-2H3/b8-7-,13-10-,17-14-,19-16+/t22-/m0/s1. The van der Waals surface area contributed by atoms with E-state index in [2.05, 4.69) is 36.0 Å². The lowest BCUT2D eigenvalue weighted by molar-refractivity contribution is -0.140. The van der Waals surface area contributed by atoms with Crippen LogP contribution in [0.25, 0.3) is 0 Å². The first-order chi connectivity index (χ1) is 12.7. The number of aliphatic hydroxyl groups excluding tert-OH is 1. The largest absolute Gasteiger partial charge is 0.469 e. The molecular weight excluding hydrogens is 324 g/mol. The summed E-state index contributed by atoms with van der Waals surface area (Å²) in [7, 11) is 1.42. The van der Waals surface area contributed by atoms with Gasteiger partial charge in [0.2, 0.25) is 0 Å². The van der Waals surface area contributed by atoms with Crippen LogP contribution in [0.4, 0.5) is 0 Å². The fourth-order valence-electron chi connectivity index (χ4n) is 2.40. The average Bonchev–Trinajstić information content (AvgIpc) is 2.65. The molecule has 1 atom stereocenters. The van der Waals surface area contributed by atoms with E-state index in [4.69, 9.17) is 0 Å². The van der Waals surface area contributed by atoms with Gasteiger partial charge in [-0.25, -0.2) is 0 Å². The van der Waals surface area contributed by atoms with Gasteiger partial charge in [0.1, 0.15) is 0 Å². The Bertz CT molecular complexity index is 433. The maximum absolute atomic E-state index is 11.0. The summed E-state index contributed by atoms with van der Waals surface area (Å²) in [4.78, 5) is 11.0. The summed E-state index contributed by atoms with van der Waals surface area (Å²) >= 11 is 0. The summed E-state index contributed by atoms with van der Waals surface area (Å²) in [6.45, 7) is 2.22. The molecule has 0 aliphatic heterocycles. The lowest BCUT2D eigenvalue weighted by Crippen LogP contribution is -1.99. The van der Waals surface area contributed by atoms with E-state index in [0.29, 0.717) is 12.8 Å². The van der Waals surface area contributed by atoms with Gasteiger partial charge in [-0.15, -0.1) is 0 Å².